The lowest BCUT2D eigenvalue weighted by atomic mass is 9.97. The van der Waals surface area contributed by atoms with Crippen LogP contribution in [-0.4, -0.2) is 0 Å². The molecule has 1 nitrogen and oxygen atoms in total. The van der Waals surface area contributed by atoms with E-state index in [2.05, 4.69) is 31.2 Å². The van der Waals surface area contributed by atoms with Gasteiger partial charge in [-0.15, -0.1) is 0 Å². The lowest BCUT2D eigenvalue weighted by Crippen LogP contribution is -2.12. The normalized spacial score (nSPS) is 12.4. The van der Waals surface area contributed by atoms with Crippen molar-refractivity contribution >= 4 is 11.6 Å². The third-order valence-electron chi connectivity index (χ3n) is 3.40. The minimum Gasteiger partial charge on any atom is -0.320 e. The molecule has 2 N–H and O–H groups in total. The Morgan fingerprint density at radius 3 is 2.37 bits per heavy atom. The standard InChI is InChI=1S/C17H20ClN/c1-2-3-6-13-9-11-14(12-10-13)17(19)15-7-4-5-8-16(15)18/h4-5,7-12,17H,2-3,6,19H2,1H3. The summed E-state index contributed by atoms with van der Waals surface area (Å²) in [5.74, 6) is 0. The van der Waals surface area contributed by atoms with Crippen LogP contribution in [0.1, 0.15) is 42.5 Å². The summed E-state index contributed by atoms with van der Waals surface area (Å²) < 4.78 is 0. The molecular weight excluding hydrogens is 254 g/mol. The summed E-state index contributed by atoms with van der Waals surface area (Å²) in [4.78, 5) is 0. The van der Waals surface area contributed by atoms with E-state index in [0.717, 1.165) is 22.6 Å². The second kappa shape index (κ2) is 6.74. The van der Waals surface area contributed by atoms with Crippen LogP contribution in [0.4, 0.5) is 0 Å². The largest absolute Gasteiger partial charge is 0.320 e. The third kappa shape index (κ3) is 3.59. The Balaban J connectivity index is 2.16. The molecular formula is C17H20ClN. The van der Waals surface area contributed by atoms with Crippen molar-refractivity contribution in [3.05, 3.63) is 70.2 Å². The summed E-state index contributed by atoms with van der Waals surface area (Å²) in [7, 11) is 0. The maximum atomic E-state index is 6.28. The van der Waals surface area contributed by atoms with Gasteiger partial charge in [0, 0.05) is 5.02 Å². The molecule has 2 aromatic rings. The highest BCUT2D eigenvalue weighted by Gasteiger charge is 2.11. The zero-order chi connectivity index (χ0) is 13.7. The molecule has 0 saturated heterocycles. The Morgan fingerprint density at radius 1 is 1.05 bits per heavy atom. The Bertz CT molecular complexity index is 519. The molecule has 1 unspecified atom stereocenters. The van der Waals surface area contributed by atoms with Crippen molar-refractivity contribution in [2.45, 2.75) is 32.2 Å². The molecule has 2 aromatic carbocycles. The molecule has 0 radical (unpaired) electrons. The molecule has 0 amide bonds. The fourth-order valence-corrected chi connectivity index (χ4v) is 2.43. The second-order valence-electron chi connectivity index (χ2n) is 4.84. The maximum absolute atomic E-state index is 6.28. The van der Waals surface area contributed by atoms with E-state index in [-0.39, 0.29) is 6.04 Å². The van der Waals surface area contributed by atoms with Crippen LogP contribution >= 0.6 is 11.6 Å². The molecule has 0 spiro atoms. The van der Waals surface area contributed by atoms with Gasteiger partial charge < -0.3 is 5.73 Å². The third-order valence-corrected chi connectivity index (χ3v) is 3.74. The summed E-state index contributed by atoms with van der Waals surface area (Å²) in [6, 6.07) is 16.2. The lowest BCUT2D eigenvalue weighted by molar-refractivity contribution is 0.793. The van der Waals surface area contributed by atoms with Crippen LogP contribution in [0, 0.1) is 0 Å². The summed E-state index contributed by atoms with van der Waals surface area (Å²) in [6.45, 7) is 2.21. The molecule has 0 aromatic heterocycles. The summed E-state index contributed by atoms with van der Waals surface area (Å²) >= 11 is 6.19. The van der Waals surface area contributed by atoms with E-state index in [0.29, 0.717) is 0 Å². The van der Waals surface area contributed by atoms with Crippen LogP contribution in [-0.2, 0) is 6.42 Å². The van der Waals surface area contributed by atoms with Crippen molar-refractivity contribution < 1.29 is 0 Å². The zero-order valence-corrected chi connectivity index (χ0v) is 12.0. The molecule has 0 aliphatic carbocycles. The molecule has 2 heteroatoms. The first-order valence-corrected chi connectivity index (χ1v) is 7.19. The van der Waals surface area contributed by atoms with Gasteiger partial charge in [-0.05, 0) is 35.6 Å². The first-order valence-electron chi connectivity index (χ1n) is 6.81. The number of hydrogen-bond donors (Lipinski definition) is 1. The Kier molecular flexibility index (Phi) is 5.00. The van der Waals surface area contributed by atoms with Gasteiger partial charge in [-0.3, -0.25) is 0 Å². The summed E-state index contributed by atoms with van der Waals surface area (Å²) in [5, 5.41) is 0.727. The predicted molar refractivity (Wildman–Crippen MR) is 82.5 cm³/mol. The summed E-state index contributed by atoms with van der Waals surface area (Å²) in [6.07, 6.45) is 3.59. The van der Waals surface area contributed by atoms with Crippen molar-refractivity contribution in [1.82, 2.24) is 0 Å². The lowest BCUT2D eigenvalue weighted by Gasteiger charge is -2.14. The fraction of sp³-hybridized carbons (Fsp3) is 0.294. The van der Waals surface area contributed by atoms with Crippen molar-refractivity contribution in [2.75, 3.05) is 0 Å². The highest BCUT2D eigenvalue weighted by Crippen LogP contribution is 2.26. The van der Waals surface area contributed by atoms with Gasteiger partial charge in [-0.1, -0.05) is 67.4 Å². The van der Waals surface area contributed by atoms with Crippen LogP contribution in [0.25, 0.3) is 0 Å². The van der Waals surface area contributed by atoms with Gasteiger partial charge in [0.25, 0.3) is 0 Å². The van der Waals surface area contributed by atoms with E-state index < -0.39 is 0 Å². The highest BCUT2D eigenvalue weighted by molar-refractivity contribution is 6.31. The van der Waals surface area contributed by atoms with Crippen LogP contribution in [0.3, 0.4) is 0 Å². The average molecular weight is 274 g/mol. The molecule has 100 valence electrons. The molecule has 2 rings (SSSR count). The van der Waals surface area contributed by atoms with E-state index in [4.69, 9.17) is 17.3 Å². The average Bonchev–Trinajstić information content (AvgIpc) is 2.45. The van der Waals surface area contributed by atoms with Gasteiger partial charge >= 0.3 is 0 Å². The minimum absolute atomic E-state index is 0.158. The van der Waals surface area contributed by atoms with Crippen LogP contribution < -0.4 is 5.73 Å². The maximum Gasteiger partial charge on any atom is 0.0566 e. The highest BCUT2D eigenvalue weighted by atomic mass is 35.5. The smallest absolute Gasteiger partial charge is 0.0566 e. The number of rotatable bonds is 5. The van der Waals surface area contributed by atoms with Crippen molar-refractivity contribution in [3.63, 3.8) is 0 Å². The zero-order valence-electron chi connectivity index (χ0n) is 11.3. The number of aryl methyl sites for hydroxylation is 1. The van der Waals surface area contributed by atoms with E-state index in [1.54, 1.807) is 0 Å². The minimum atomic E-state index is -0.158. The van der Waals surface area contributed by atoms with Gasteiger partial charge in [-0.2, -0.15) is 0 Å². The number of benzene rings is 2. The van der Waals surface area contributed by atoms with Gasteiger partial charge in [0.15, 0.2) is 0 Å². The van der Waals surface area contributed by atoms with Crippen LogP contribution in [0.5, 0.6) is 0 Å². The van der Waals surface area contributed by atoms with Crippen molar-refractivity contribution in [2.24, 2.45) is 5.73 Å². The van der Waals surface area contributed by atoms with Gasteiger partial charge in [0.2, 0.25) is 0 Å². The summed E-state index contributed by atoms with van der Waals surface area (Å²) in [5.41, 5.74) is 9.74. The molecule has 19 heavy (non-hydrogen) atoms. The van der Waals surface area contributed by atoms with E-state index in [9.17, 15) is 0 Å². The molecule has 0 fully saturated rings. The van der Waals surface area contributed by atoms with E-state index in [1.165, 1.54) is 18.4 Å². The number of halogens is 1. The first-order chi connectivity index (χ1) is 9.22. The van der Waals surface area contributed by atoms with Crippen molar-refractivity contribution in [3.8, 4) is 0 Å². The molecule has 0 heterocycles. The topological polar surface area (TPSA) is 26.0 Å². The van der Waals surface area contributed by atoms with Crippen molar-refractivity contribution in [1.29, 1.82) is 0 Å². The van der Waals surface area contributed by atoms with Gasteiger partial charge in [0.1, 0.15) is 0 Å². The number of hydrogen-bond acceptors (Lipinski definition) is 1. The number of nitrogens with two attached hydrogens (primary N) is 1. The molecule has 0 bridgehead atoms. The van der Waals surface area contributed by atoms with Gasteiger partial charge in [-0.25, -0.2) is 0 Å². The second-order valence-corrected chi connectivity index (χ2v) is 5.25. The predicted octanol–water partition coefficient (Wildman–Crippen LogP) is 4.73. The van der Waals surface area contributed by atoms with E-state index >= 15 is 0 Å². The molecule has 0 aliphatic rings. The SMILES string of the molecule is CCCCc1ccc(C(N)c2ccccc2Cl)cc1. The number of unbranched alkanes of at least 4 members (excludes halogenated alkanes) is 1. The fourth-order valence-electron chi connectivity index (χ4n) is 2.18. The molecule has 1 atom stereocenters. The van der Waals surface area contributed by atoms with Gasteiger partial charge in [0.05, 0.1) is 6.04 Å². The Morgan fingerprint density at radius 2 is 1.74 bits per heavy atom. The van der Waals surface area contributed by atoms with E-state index in [1.807, 2.05) is 24.3 Å². The molecule has 0 aliphatic heterocycles. The first kappa shape index (κ1) is 14.1. The Hall–Kier alpha value is -1.31. The quantitative estimate of drug-likeness (QED) is 0.837. The van der Waals surface area contributed by atoms with Crippen LogP contribution in [0.2, 0.25) is 5.02 Å². The monoisotopic (exact) mass is 273 g/mol. The molecule has 0 saturated carbocycles. The van der Waals surface area contributed by atoms with Crippen LogP contribution in [0.15, 0.2) is 48.5 Å². The Labute approximate surface area is 120 Å².